The molecule has 1 atom stereocenters. The maximum Gasteiger partial charge on any atom is 0.321 e. The molecule has 0 spiro atoms. The number of hydrogen-bond acceptors (Lipinski definition) is 5. The van der Waals surface area contributed by atoms with Gasteiger partial charge in [0, 0.05) is 18.8 Å². The molecule has 7 nitrogen and oxygen atoms in total. The number of thioether (sulfide) groups is 1. The number of imide groups is 1. The van der Waals surface area contributed by atoms with Gasteiger partial charge in [-0.25, -0.2) is 4.79 Å². The zero-order chi connectivity index (χ0) is 21.8. The summed E-state index contributed by atoms with van der Waals surface area (Å²) in [7, 11) is 0. The Morgan fingerprint density at radius 1 is 1.06 bits per heavy atom. The van der Waals surface area contributed by atoms with Crippen LogP contribution in [0.2, 0.25) is 0 Å². The van der Waals surface area contributed by atoms with E-state index >= 15 is 0 Å². The van der Waals surface area contributed by atoms with Gasteiger partial charge in [-0.3, -0.25) is 14.5 Å². The van der Waals surface area contributed by atoms with Crippen LogP contribution in [0, 0.1) is 5.92 Å². The van der Waals surface area contributed by atoms with Gasteiger partial charge in [0.25, 0.3) is 5.24 Å². The number of amides is 4. The number of aliphatic hydroxyl groups excluding tert-OH is 1. The molecule has 2 aromatic rings. The molecule has 2 aromatic carbocycles. The lowest BCUT2D eigenvalue weighted by atomic mass is 9.87. The first-order chi connectivity index (χ1) is 15.0. The van der Waals surface area contributed by atoms with Crippen LogP contribution in [-0.2, 0) is 11.3 Å². The largest absolute Gasteiger partial charge is 0.388 e. The molecule has 2 fully saturated rings. The zero-order valence-electron chi connectivity index (χ0n) is 17.1. The predicted molar refractivity (Wildman–Crippen MR) is 120 cm³/mol. The second-order valence-corrected chi connectivity index (χ2v) is 8.77. The van der Waals surface area contributed by atoms with E-state index in [1.807, 2.05) is 42.5 Å². The van der Waals surface area contributed by atoms with Crippen LogP contribution in [0.4, 0.5) is 15.3 Å². The van der Waals surface area contributed by atoms with E-state index in [9.17, 15) is 19.5 Å². The van der Waals surface area contributed by atoms with E-state index in [1.54, 1.807) is 17.0 Å². The van der Waals surface area contributed by atoms with Gasteiger partial charge < -0.3 is 15.3 Å². The Kier molecular flexibility index (Phi) is 6.58. The number of carbonyl (C=O) groups is 3. The highest BCUT2D eigenvalue weighted by Crippen LogP contribution is 2.31. The zero-order valence-corrected chi connectivity index (χ0v) is 17.9. The fourth-order valence-electron chi connectivity index (χ4n) is 3.95. The number of likely N-dealkylation sites (tertiary alicyclic amines) is 1. The van der Waals surface area contributed by atoms with Gasteiger partial charge >= 0.3 is 6.03 Å². The Bertz CT molecular complexity index is 927. The van der Waals surface area contributed by atoms with Crippen molar-refractivity contribution in [2.24, 2.45) is 5.92 Å². The maximum absolute atomic E-state index is 12.6. The van der Waals surface area contributed by atoms with Gasteiger partial charge in [0.2, 0.25) is 5.91 Å². The molecule has 0 saturated carbocycles. The van der Waals surface area contributed by atoms with Gasteiger partial charge in [0.1, 0.15) is 0 Å². The summed E-state index contributed by atoms with van der Waals surface area (Å²) < 4.78 is 0. The van der Waals surface area contributed by atoms with Crippen molar-refractivity contribution < 1.29 is 19.5 Å². The van der Waals surface area contributed by atoms with Crippen LogP contribution < -0.4 is 5.32 Å². The maximum atomic E-state index is 12.6. The summed E-state index contributed by atoms with van der Waals surface area (Å²) in [5.74, 6) is 0.166. The van der Waals surface area contributed by atoms with E-state index in [-0.39, 0.29) is 35.4 Å². The number of aliphatic hydroxyl groups is 1. The van der Waals surface area contributed by atoms with E-state index in [0.717, 1.165) is 35.7 Å². The van der Waals surface area contributed by atoms with Crippen LogP contribution >= 0.6 is 11.8 Å². The number of hydrogen-bond donors (Lipinski definition) is 2. The van der Waals surface area contributed by atoms with Crippen molar-refractivity contribution in [1.29, 1.82) is 0 Å². The lowest BCUT2D eigenvalue weighted by Gasteiger charge is -2.34. The molecule has 2 aliphatic rings. The lowest BCUT2D eigenvalue weighted by molar-refractivity contribution is -0.125. The molecule has 0 aliphatic carbocycles. The number of rotatable bonds is 5. The lowest BCUT2D eigenvalue weighted by Crippen LogP contribution is -2.42. The van der Waals surface area contributed by atoms with Gasteiger partial charge in [-0.1, -0.05) is 54.2 Å². The first kappa shape index (κ1) is 21.4. The van der Waals surface area contributed by atoms with E-state index in [2.05, 4.69) is 5.32 Å². The van der Waals surface area contributed by atoms with Crippen molar-refractivity contribution in [2.75, 3.05) is 24.2 Å². The smallest absolute Gasteiger partial charge is 0.321 e. The van der Waals surface area contributed by atoms with Crippen molar-refractivity contribution in [1.82, 2.24) is 9.80 Å². The van der Waals surface area contributed by atoms with Crippen molar-refractivity contribution in [3.05, 3.63) is 65.7 Å². The van der Waals surface area contributed by atoms with Gasteiger partial charge in [-0.2, -0.15) is 0 Å². The summed E-state index contributed by atoms with van der Waals surface area (Å²) in [5, 5.41) is 13.3. The predicted octanol–water partition coefficient (Wildman–Crippen LogP) is 3.86. The monoisotopic (exact) mass is 439 g/mol. The molecular weight excluding hydrogens is 414 g/mol. The third-order valence-electron chi connectivity index (χ3n) is 5.80. The number of carbonyl (C=O) groups excluding carboxylic acids is 3. The Hall–Kier alpha value is -2.84. The number of piperidine rings is 1. The molecule has 2 aliphatic heterocycles. The Labute approximate surface area is 185 Å². The molecular formula is C23H25N3O4S. The quantitative estimate of drug-likeness (QED) is 0.738. The van der Waals surface area contributed by atoms with Crippen LogP contribution in [-0.4, -0.2) is 50.9 Å². The molecule has 0 aromatic heterocycles. The summed E-state index contributed by atoms with van der Waals surface area (Å²) in [6.45, 7) is 1.43. The molecule has 8 heteroatoms. The minimum absolute atomic E-state index is 0.139. The third-order valence-corrected chi connectivity index (χ3v) is 6.66. The molecule has 0 radical (unpaired) electrons. The minimum atomic E-state index is -0.508. The molecule has 2 saturated heterocycles. The Morgan fingerprint density at radius 3 is 2.35 bits per heavy atom. The van der Waals surface area contributed by atoms with Crippen molar-refractivity contribution in [2.45, 2.75) is 25.5 Å². The molecule has 1 unspecified atom stereocenters. The second kappa shape index (κ2) is 9.53. The van der Waals surface area contributed by atoms with Gasteiger partial charge in [-0.05, 0) is 42.0 Å². The summed E-state index contributed by atoms with van der Waals surface area (Å²) >= 11 is 1.02. The van der Waals surface area contributed by atoms with Crippen LogP contribution in [0.5, 0.6) is 0 Å². The summed E-state index contributed by atoms with van der Waals surface area (Å²) in [6, 6.07) is 16.6. The first-order valence-corrected chi connectivity index (χ1v) is 11.3. The summed E-state index contributed by atoms with van der Waals surface area (Å²) in [6.07, 6.45) is 0.989. The molecule has 4 amide bonds. The van der Waals surface area contributed by atoms with Crippen molar-refractivity contribution in [3.63, 3.8) is 0 Å². The highest BCUT2D eigenvalue weighted by atomic mass is 32.2. The molecule has 31 heavy (non-hydrogen) atoms. The van der Waals surface area contributed by atoms with Gasteiger partial charge in [0.05, 0.1) is 18.4 Å². The number of anilines is 1. The van der Waals surface area contributed by atoms with Gasteiger partial charge in [0.15, 0.2) is 0 Å². The van der Waals surface area contributed by atoms with E-state index in [1.165, 1.54) is 4.90 Å². The number of nitrogens with one attached hydrogen (secondary N) is 1. The summed E-state index contributed by atoms with van der Waals surface area (Å²) in [4.78, 5) is 39.1. The van der Waals surface area contributed by atoms with E-state index < -0.39 is 6.10 Å². The average Bonchev–Trinajstić information content (AvgIpc) is 3.12. The molecule has 2 heterocycles. The molecule has 0 bridgehead atoms. The van der Waals surface area contributed by atoms with E-state index in [4.69, 9.17) is 0 Å². The molecule has 162 valence electrons. The summed E-state index contributed by atoms with van der Waals surface area (Å²) in [5.41, 5.74) is 2.41. The van der Waals surface area contributed by atoms with Crippen LogP contribution in [0.15, 0.2) is 54.6 Å². The highest BCUT2D eigenvalue weighted by Gasteiger charge is 2.30. The fraction of sp³-hybridized carbons (Fsp3) is 0.348. The number of urea groups is 1. The second-order valence-electron chi connectivity index (χ2n) is 7.84. The van der Waals surface area contributed by atoms with Gasteiger partial charge in [-0.15, -0.1) is 0 Å². The normalized spacial score (nSPS) is 18.4. The first-order valence-electron chi connectivity index (χ1n) is 10.4. The molecule has 2 N–H and O–H groups in total. The van der Waals surface area contributed by atoms with Crippen molar-refractivity contribution >= 4 is 34.6 Å². The SMILES string of the molecule is O=C(Nc1ccc(CN2C(=O)CSC2=O)cc1)N1CCC(C(O)c2ccccc2)CC1. The van der Waals surface area contributed by atoms with Crippen LogP contribution in [0.1, 0.15) is 30.1 Å². The topological polar surface area (TPSA) is 90.0 Å². The van der Waals surface area contributed by atoms with Crippen LogP contribution in [0.3, 0.4) is 0 Å². The minimum Gasteiger partial charge on any atom is -0.388 e. The highest BCUT2D eigenvalue weighted by molar-refractivity contribution is 8.14. The van der Waals surface area contributed by atoms with Crippen molar-refractivity contribution in [3.8, 4) is 0 Å². The third kappa shape index (κ3) is 5.08. The molecule has 4 rings (SSSR count). The Morgan fingerprint density at radius 2 is 1.74 bits per heavy atom. The fourth-order valence-corrected chi connectivity index (χ4v) is 4.68. The number of benzene rings is 2. The average molecular weight is 440 g/mol. The standard InChI is InChI=1S/C23H25N3O4S/c27-20-15-31-23(30)26(20)14-16-6-8-19(9-7-16)24-22(29)25-12-10-18(11-13-25)21(28)17-4-2-1-3-5-17/h1-9,18,21,28H,10-15H2,(H,24,29). The van der Waals surface area contributed by atoms with Crippen LogP contribution in [0.25, 0.3) is 0 Å². The number of nitrogens with zero attached hydrogens (tertiary/aromatic N) is 2. The van der Waals surface area contributed by atoms with E-state index in [0.29, 0.717) is 18.8 Å². The Balaban J connectivity index is 1.27.